The van der Waals surface area contributed by atoms with Gasteiger partial charge in [0.25, 0.3) is 0 Å². The maximum atomic E-state index is 6.11. The number of rotatable bonds is 3. The van der Waals surface area contributed by atoms with E-state index in [1.165, 1.54) is 11.1 Å². The lowest BCUT2D eigenvalue weighted by molar-refractivity contribution is 0.415. The van der Waals surface area contributed by atoms with Crippen molar-refractivity contribution >= 4 is 33.0 Å². The Morgan fingerprint density at radius 1 is 1.05 bits per heavy atom. The van der Waals surface area contributed by atoms with Crippen LogP contribution in [-0.2, 0) is 0 Å². The average molecular weight is 335 g/mol. The van der Waals surface area contributed by atoms with Gasteiger partial charge in [-0.05, 0) is 55.3 Å². The number of ether oxygens (including phenoxy) is 1. The molecule has 3 nitrogen and oxygen atoms in total. The van der Waals surface area contributed by atoms with Crippen molar-refractivity contribution in [3.8, 4) is 5.75 Å². The van der Waals surface area contributed by atoms with Crippen molar-refractivity contribution in [1.82, 2.24) is 0 Å². The molecule has 4 heteroatoms. The van der Waals surface area contributed by atoms with Gasteiger partial charge in [-0.3, -0.25) is 0 Å². The summed E-state index contributed by atoms with van der Waals surface area (Å²) < 4.78 is 6.47. The zero-order valence-electron chi connectivity index (χ0n) is 12.2. The third-order valence-electron chi connectivity index (χ3n) is 3.51. The maximum absolute atomic E-state index is 6.11. The van der Waals surface area contributed by atoms with Crippen molar-refractivity contribution in [2.75, 3.05) is 24.8 Å². The van der Waals surface area contributed by atoms with Crippen LogP contribution in [0.1, 0.15) is 11.1 Å². The van der Waals surface area contributed by atoms with Gasteiger partial charge in [-0.15, -0.1) is 0 Å². The van der Waals surface area contributed by atoms with E-state index < -0.39 is 0 Å². The fraction of sp³-hybridized carbons (Fsp3) is 0.250. The number of nitrogens with two attached hydrogens (primary N) is 1. The third kappa shape index (κ3) is 2.75. The van der Waals surface area contributed by atoms with Gasteiger partial charge in [0.15, 0.2) is 0 Å². The lowest BCUT2D eigenvalue weighted by atomic mass is 10.1. The van der Waals surface area contributed by atoms with Crippen LogP contribution in [0.25, 0.3) is 0 Å². The highest BCUT2D eigenvalue weighted by Crippen LogP contribution is 2.37. The largest absolute Gasteiger partial charge is 0.495 e. The summed E-state index contributed by atoms with van der Waals surface area (Å²) in [6.45, 7) is 4.17. The molecule has 0 bridgehead atoms. The van der Waals surface area contributed by atoms with E-state index in [0.717, 1.165) is 27.3 Å². The number of nitrogens with zero attached hydrogens (tertiary/aromatic N) is 1. The number of halogens is 1. The molecule has 0 saturated carbocycles. The van der Waals surface area contributed by atoms with Gasteiger partial charge in [0.2, 0.25) is 0 Å². The van der Waals surface area contributed by atoms with E-state index >= 15 is 0 Å². The van der Waals surface area contributed by atoms with Gasteiger partial charge in [-0.2, -0.15) is 0 Å². The first-order valence-electron chi connectivity index (χ1n) is 6.38. The van der Waals surface area contributed by atoms with E-state index in [2.05, 4.69) is 41.9 Å². The summed E-state index contributed by atoms with van der Waals surface area (Å²) in [5.74, 6) is 0.845. The summed E-state index contributed by atoms with van der Waals surface area (Å²) >= 11 is 3.43. The van der Waals surface area contributed by atoms with Crippen molar-refractivity contribution in [3.05, 3.63) is 45.9 Å². The fourth-order valence-electron chi connectivity index (χ4n) is 2.16. The molecule has 0 unspecified atom stereocenters. The first kappa shape index (κ1) is 14.7. The Kier molecular flexibility index (Phi) is 4.23. The highest BCUT2D eigenvalue weighted by atomic mass is 79.9. The summed E-state index contributed by atoms with van der Waals surface area (Å²) in [5.41, 5.74) is 11.2. The second-order valence-corrected chi connectivity index (χ2v) is 5.79. The van der Waals surface area contributed by atoms with Crippen molar-refractivity contribution in [1.29, 1.82) is 0 Å². The number of nitrogen functional groups attached to an aromatic ring is 1. The van der Waals surface area contributed by atoms with Crippen LogP contribution in [0.5, 0.6) is 5.75 Å². The highest BCUT2D eigenvalue weighted by molar-refractivity contribution is 9.10. The number of methoxy groups -OCH3 is 1. The molecular weight excluding hydrogens is 316 g/mol. The summed E-state index contributed by atoms with van der Waals surface area (Å²) in [6, 6.07) is 10.1. The smallest absolute Gasteiger partial charge is 0.142 e. The van der Waals surface area contributed by atoms with Crippen LogP contribution < -0.4 is 15.4 Å². The summed E-state index contributed by atoms with van der Waals surface area (Å²) in [7, 11) is 3.68. The lowest BCUT2D eigenvalue weighted by Crippen LogP contribution is -2.13. The molecule has 0 amide bonds. The van der Waals surface area contributed by atoms with Crippen LogP contribution in [-0.4, -0.2) is 14.2 Å². The Morgan fingerprint density at radius 2 is 1.70 bits per heavy atom. The Balaban J connectivity index is 2.52. The molecule has 2 rings (SSSR count). The van der Waals surface area contributed by atoms with Gasteiger partial charge >= 0.3 is 0 Å². The second-order valence-electron chi connectivity index (χ2n) is 4.87. The van der Waals surface area contributed by atoms with Crippen LogP contribution in [0.3, 0.4) is 0 Å². The van der Waals surface area contributed by atoms with Gasteiger partial charge in [0.05, 0.1) is 24.2 Å². The average Bonchev–Trinajstić information content (AvgIpc) is 2.40. The Morgan fingerprint density at radius 3 is 2.30 bits per heavy atom. The van der Waals surface area contributed by atoms with E-state index in [9.17, 15) is 0 Å². The molecule has 0 saturated heterocycles. The third-order valence-corrected chi connectivity index (χ3v) is 4.00. The molecule has 106 valence electrons. The molecule has 2 aromatic carbocycles. The Bertz CT molecular complexity index is 641. The summed E-state index contributed by atoms with van der Waals surface area (Å²) in [5, 5.41) is 0. The van der Waals surface area contributed by atoms with Gasteiger partial charge < -0.3 is 15.4 Å². The molecule has 0 heterocycles. The van der Waals surface area contributed by atoms with E-state index in [1.54, 1.807) is 7.11 Å². The van der Waals surface area contributed by atoms with Crippen LogP contribution in [0.4, 0.5) is 17.1 Å². The number of benzene rings is 2. The SMILES string of the molecule is COc1cc(C)c(C)cc1N(C)c1ccc(Br)cc1N. The molecule has 0 spiro atoms. The second kappa shape index (κ2) is 5.75. The predicted octanol–water partition coefficient (Wildman–Crippen LogP) is 4.42. The topological polar surface area (TPSA) is 38.5 Å². The van der Waals surface area contributed by atoms with Gasteiger partial charge in [0, 0.05) is 11.5 Å². The van der Waals surface area contributed by atoms with E-state index in [4.69, 9.17) is 10.5 Å². The standard InChI is InChI=1S/C16H19BrN2O/c1-10-7-15(16(20-4)8-11(10)2)19(3)14-6-5-12(17)9-13(14)18/h5-9H,18H2,1-4H3. The van der Waals surface area contributed by atoms with Gasteiger partial charge in [0.1, 0.15) is 5.75 Å². The minimum absolute atomic E-state index is 0.724. The van der Waals surface area contributed by atoms with Crippen LogP contribution in [0.15, 0.2) is 34.8 Å². The van der Waals surface area contributed by atoms with Gasteiger partial charge in [-0.25, -0.2) is 0 Å². The summed E-state index contributed by atoms with van der Waals surface area (Å²) in [6.07, 6.45) is 0. The zero-order valence-corrected chi connectivity index (χ0v) is 13.8. The molecule has 0 aromatic heterocycles. The molecule has 0 fully saturated rings. The van der Waals surface area contributed by atoms with Crippen LogP contribution >= 0.6 is 15.9 Å². The zero-order chi connectivity index (χ0) is 14.9. The minimum Gasteiger partial charge on any atom is -0.495 e. The Labute approximate surface area is 128 Å². The number of anilines is 3. The molecule has 0 radical (unpaired) electrons. The van der Waals surface area contributed by atoms with Crippen molar-refractivity contribution in [2.24, 2.45) is 0 Å². The number of aryl methyl sites for hydroxylation is 2. The molecular formula is C16H19BrN2O. The molecule has 2 aromatic rings. The Hall–Kier alpha value is -1.68. The molecule has 2 N–H and O–H groups in total. The normalized spacial score (nSPS) is 10.4. The molecule has 0 atom stereocenters. The predicted molar refractivity (Wildman–Crippen MR) is 89.1 cm³/mol. The van der Waals surface area contributed by atoms with Crippen LogP contribution in [0, 0.1) is 13.8 Å². The quantitative estimate of drug-likeness (QED) is 0.844. The number of hydrogen-bond donors (Lipinski definition) is 1. The molecule has 0 aliphatic heterocycles. The van der Waals surface area contributed by atoms with E-state index in [-0.39, 0.29) is 0 Å². The first-order chi connectivity index (χ1) is 9.43. The van der Waals surface area contributed by atoms with Crippen molar-refractivity contribution in [3.63, 3.8) is 0 Å². The monoisotopic (exact) mass is 334 g/mol. The molecule has 0 aliphatic carbocycles. The fourth-order valence-corrected chi connectivity index (χ4v) is 2.54. The summed E-state index contributed by atoms with van der Waals surface area (Å²) in [4.78, 5) is 2.05. The first-order valence-corrected chi connectivity index (χ1v) is 7.17. The minimum atomic E-state index is 0.724. The van der Waals surface area contributed by atoms with E-state index in [1.807, 2.05) is 30.1 Å². The maximum Gasteiger partial charge on any atom is 0.142 e. The van der Waals surface area contributed by atoms with Crippen molar-refractivity contribution < 1.29 is 4.74 Å². The molecule has 20 heavy (non-hydrogen) atoms. The lowest BCUT2D eigenvalue weighted by Gasteiger charge is -2.24. The number of hydrogen-bond acceptors (Lipinski definition) is 3. The highest BCUT2D eigenvalue weighted by Gasteiger charge is 2.14. The van der Waals surface area contributed by atoms with Crippen molar-refractivity contribution in [2.45, 2.75) is 13.8 Å². The van der Waals surface area contributed by atoms with Gasteiger partial charge in [-0.1, -0.05) is 15.9 Å². The van der Waals surface area contributed by atoms with E-state index in [0.29, 0.717) is 0 Å². The van der Waals surface area contributed by atoms with Crippen LogP contribution in [0.2, 0.25) is 0 Å². The molecule has 0 aliphatic rings.